The highest BCUT2D eigenvalue weighted by Crippen LogP contribution is 2.17. The first-order valence-electron chi connectivity index (χ1n) is 5.08. The number of nitrogens with zero attached hydrogens (tertiary/aromatic N) is 3. The van der Waals surface area contributed by atoms with E-state index in [0.717, 1.165) is 0 Å². The predicted octanol–water partition coefficient (Wildman–Crippen LogP) is -0.871. The van der Waals surface area contributed by atoms with Crippen molar-refractivity contribution in [3.63, 3.8) is 0 Å². The molecule has 0 radical (unpaired) electrons. The number of aromatic amines is 1. The molecule has 3 atom stereocenters. The molecule has 0 aromatic carbocycles. The molecular weight excluding hydrogens is 244 g/mol. The minimum atomic E-state index is -1.58. The Labute approximate surface area is 102 Å². The molecule has 0 amide bonds. The summed E-state index contributed by atoms with van der Waals surface area (Å²) in [5.41, 5.74) is 0.309. The van der Waals surface area contributed by atoms with Gasteiger partial charge in [0.1, 0.15) is 30.6 Å². The molecule has 0 bridgehead atoms. The number of imidazole rings is 1. The van der Waals surface area contributed by atoms with Crippen LogP contribution in [0.3, 0.4) is 0 Å². The second-order valence-electron chi connectivity index (χ2n) is 3.69. The van der Waals surface area contributed by atoms with E-state index >= 15 is 0 Å². The van der Waals surface area contributed by atoms with Crippen molar-refractivity contribution >= 4 is 5.71 Å². The van der Waals surface area contributed by atoms with Gasteiger partial charge >= 0.3 is 0 Å². The summed E-state index contributed by atoms with van der Waals surface area (Å²) in [4.78, 5) is 16.4. The molecule has 0 saturated carbocycles. The normalized spacial score (nSPS) is 17.2. The van der Waals surface area contributed by atoms with E-state index in [1.807, 2.05) is 0 Å². The average Bonchev–Trinajstić information content (AvgIpc) is 2.85. The van der Waals surface area contributed by atoms with E-state index in [1.165, 1.54) is 13.1 Å². The Morgan fingerprint density at radius 3 is 2.72 bits per heavy atom. The van der Waals surface area contributed by atoms with Gasteiger partial charge in [-0.3, -0.25) is 0 Å². The molecule has 9 heteroatoms. The summed E-state index contributed by atoms with van der Waals surface area (Å²) >= 11 is 0. The number of oxime groups is 1. The summed E-state index contributed by atoms with van der Waals surface area (Å²) in [5, 5.41) is 42.5. The van der Waals surface area contributed by atoms with Crippen LogP contribution in [0.1, 0.15) is 24.5 Å². The number of hydrogen-bond acceptors (Lipinski definition) is 8. The van der Waals surface area contributed by atoms with Gasteiger partial charge < -0.3 is 25.5 Å². The molecule has 0 aliphatic rings. The van der Waals surface area contributed by atoms with Gasteiger partial charge in [0.25, 0.3) is 0 Å². The molecule has 0 spiro atoms. The fraction of sp³-hybridized carbons (Fsp3) is 0.556. The lowest BCUT2D eigenvalue weighted by molar-refractivity contribution is -0.0579. The van der Waals surface area contributed by atoms with Crippen LogP contribution in [0.15, 0.2) is 16.5 Å². The van der Waals surface area contributed by atoms with E-state index in [9.17, 15) is 20.2 Å². The number of hydrogen-bond donors (Lipinski definition) is 5. The summed E-state index contributed by atoms with van der Waals surface area (Å²) in [6.07, 6.45) is -3.30. The summed E-state index contributed by atoms with van der Waals surface area (Å²) in [6, 6.07) is 0. The third-order valence-electron chi connectivity index (χ3n) is 2.39. The van der Waals surface area contributed by atoms with Gasteiger partial charge in [0, 0.05) is 0 Å². The van der Waals surface area contributed by atoms with Gasteiger partial charge in [-0.1, -0.05) is 10.3 Å². The van der Waals surface area contributed by atoms with E-state index in [4.69, 9.17) is 5.21 Å². The predicted molar refractivity (Wildman–Crippen MR) is 60.2 cm³/mol. The lowest BCUT2D eigenvalue weighted by atomic mass is 10.1. The van der Waals surface area contributed by atoms with Crippen molar-refractivity contribution in [2.45, 2.75) is 25.2 Å². The standard InChI is InChI=1S/C9H14N4O5/c1-4(13-18)9-10-2-5(12-9)7(15)8(16)6(14)3-11-17/h2,6-8,14-16,18H,3H2,1H3,(H,10,12)/b13-4+/t6-,7-,8-/m1/s1. The van der Waals surface area contributed by atoms with Crippen LogP contribution >= 0.6 is 0 Å². The zero-order valence-corrected chi connectivity index (χ0v) is 9.56. The third kappa shape index (κ3) is 3.09. The number of aliphatic hydroxyl groups excluding tert-OH is 3. The average molecular weight is 258 g/mol. The molecule has 18 heavy (non-hydrogen) atoms. The molecular formula is C9H14N4O5. The first-order valence-corrected chi connectivity index (χ1v) is 5.08. The number of rotatable bonds is 6. The van der Waals surface area contributed by atoms with E-state index in [-0.39, 0.29) is 17.2 Å². The Bertz CT molecular complexity index is 432. The van der Waals surface area contributed by atoms with E-state index < -0.39 is 24.9 Å². The molecule has 0 unspecified atom stereocenters. The Morgan fingerprint density at radius 1 is 1.50 bits per heavy atom. The quantitative estimate of drug-likeness (QED) is 0.193. The van der Waals surface area contributed by atoms with Crippen LogP contribution in [-0.2, 0) is 0 Å². The molecule has 0 saturated heterocycles. The molecule has 0 fully saturated rings. The number of nitrogens with one attached hydrogen (secondary N) is 1. The molecule has 0 aliphatic heterocycles. The summed E-state index contributed by atoms with van der Waals surface area (Å²) in [6.45, 7) is 0.951. The van der Waals surface area contributed by atoms with Crippen LogP contribution in [0.2, 0.25) is 0 Å². The van der Waals surface area contributed by atoms with Gasteiger partial charge in [-0.15, -0.1) is 0 Å². The van der Waals surface area contributed by atoms with Crippen molar-refractivity contribution in [3.05, 3.63) is 22.6 Å². The minimum Gasteiger partial charge on any atom is -0.411 e. The number of aromatic nitrogens is 2. The van der Waals surface area contributed by atoms with Crippen molar-refractivity contribution in [2.24, 2.45) is 10.3 Å². The van der Waals surface area contributed by atoms with Crippen LogP contribution < -0.4 is 0 Å². The lowest BCUT2D eigenvalue weighted by Gasteiger charge is -2.19. The molecule has 1 aromatic rings. The van der Waals surface area contributed by atoms with Crippen LogP contribution in [0.4, 0.5) is 0 Å². The van der Waals surface area contributed by atoms with E-state index in [2.05, 4.69) is 20.3 Å². The molecule has 1 rings (SSSR count). The zero-order chi connectivity index (χ0) is 13.7. The summed E-state index contributed by atoms with van der Waals surface area (Å²) in [7, 11) is 0. The van der Waals surface area contributed by atoms with Crippen LogP contribution in [0, 0.1) is 4.91 Å². The SMILES string of the molecule is C/C(=N\O)c1ncc([C@@H](O)[C@H](O)[C@H](O)CN=O)[nH]1. The molecule has 9 nitrogen and oxygen atoms in total. The first-order chi connectivity index (χ1) is 8.51. The zero-order valence-electron chi connectivity index (χ0n) is 9.56. The monoisotopic (exact) mass is 258 g/mol. The van der Waals surface area contributed by atoms with Crippen LogP contribution in [-0.4, -0.2) is 55.0 Å². The maximum Gasteiger partial charge on any atom is 0.155 e. The Morgan fingerprint density at radius 2 is 2.17 bits per heavy atom. The Balaban J connectivity index is 2.80. The highest BCUT2D eigenvalue weighted by molar-refractivity contribution is 5.94. The second kappa shape index (κ2) is 6.19. The summed E-state index contributed by atoms with van der Waals surface area (Å²) in [5.74, 6) is 0.210. The maximum atomic E-state index is 9.94. The maximum absolute atomic E-state index is 9.94. The summed E-state index contributed by atoms with van der Waals surface area (Å²) < 4.78 is 0. The van der Waals surface area contributed by atoms with Gasteiger partial charge in [0.2, 0.25) is 0 Å². The van der Waals surface area contributed by atoms with Gasteiger partial charge in [0.15, 0.2) is 5.82 Å². The number of nitroso groups, excluding NO2 is 1. The van der Waals surface area contributed by atoms with Gasteiger partial charge in [-0.05, 0) is 6.92 Å². The fourth-order valence-corrected chi connectivity index (χ4v) is 1.30. The Hall–Kier alpha value is -1.84. The second-order valence-corrected chi connectivity index (χ2v) is 3.69. The smallest absolute Gasteiger partial charge is 0.155 e. The van der Waals surface area contributed by atoms with Gasteiger partial charge in [0.05, 0.1) is 11.9 Å². The van der Waals surface area contributed by atoms with Crippen molar-refractivity contribution in [2.75, 3.05) is 6.54 Å². The molecule has 5 N–H and O–H groups in total. The third-order valence-corrected chi connectivity index (χ3v) is 2.39. The van der Waals surface area contributed by atoms with Crippen LogP contribution in [0.25, 0.3) is 0 Å². The number of aliphatic hydroxyl groups is 3. The van der Waals surface area contributed by atoms with Crippen molar-refractivity contribution in [3.8, 4) is 0 Å². The first kappa shape index (κ1) is 14.2. The van der Waals surface area contributed by atoms with Crippen molar-refractivity contribution in [1.82, 2.24) is 9.97 Å². The van der Waals surface area contributed by atoms with Crippen LogP contribution in [0.5, 0.6) is 0 Å². The lowest BCUT2D eigenvalue weighted by Crippen LogP contribution is -2.34. The molecule has 1 aromatic heterocycles. The molecule has 0 aliphatic carbocycles. The molecule has 1 heterocycles. The largest absolute Gasteiger partial charge is 0.411 e. The van der Waals surface area contributed by atoms with Crippen molar-refractivity contribution in [1.29, 1.82) is 0 Å². The topological polar surface area (TPSA) is 151 Å². The van der Waals surface area contributed by atoms with E-state index in [0.29, 0.717) is 0 Å². The van der Waals surface area contributed by atoms with E-state index in [1.54, 1.807) is 0 Å². The van der Waals surface area contributed by atoms with Crippen molar-refractivity contribution < 1.29 is 20.5 Å². The minimum absolute atomic E-state index is 0.116. The van der Waals surface area contributed by atoms with Gasteiger partial charge in [-0.2, -0.15) is 4.91 Å². The highest BCUT2D eigenvalue weighted by Gasteiger charge is 2.27. The highest BCUT2D eigenvalue weighted by atomic mass is 16.4. The molecule has 100 valence electrons. The Kier molecular flexibility index (Phi) is 4.89. The fourth-order valence-electron chi connectivity index (χ4n) is 1.30. The number of H-pyrrole nitrogens is 1. The van der Waals surface area contributed by atoms with Gasteiger partial charge in [-0.25, -0.2) is 4.98 Å².